The monoisotopic (exact) mass is 312 g/mol. The van der Waals surface area contributed by atoms with Crippen LogP contribution in [0.5, 0.6) is 0 Å². The number of aryl methyl sites for hydroxylation is 1. The molecule has 3 N–H and O–H groups in total. The number of H-pyrrole nitrogens is 1. The fraction of sp³-hybridized carbons (Fsp3) is 0.176. The van der Waals surface area contributed by atoms with Crippen molar-refractivity contribution in [2.24, 2.45) is 0 Å². The van der Waals surface area contributed by atoms with E-state index in [9.17, 15) is 9.59 Å². The minimum atomic E-state index is -0.484. The van der Waals surface area contributed by atoms with Crippen molar-refractivity contribution in [3.05, 3.63) is 59.5 Å². The van der Waals surface area contributed by atoms with Gasteiger partial charge in [0, 0.05) is 31.7 Å². The van der Waals surface area contributed by atoms with Crippen LogP contribution in [0.15, 0.2) is 48.3 Å². The van der Waals surface area contributed by atoms with Crippen LogP contribution >= 0.6 is 0 Å². The Bertz CT molecular complexity index is 701. The highest BCUT2D eigenvalue weighted by Gasteiger charge is 2.22. The number of anilines is 1. The fourth-order valence-electron chi connectivity index (χ4n) is 1.91. The lowest BCUT2D eigenvalue weighted by Gasteiger charge is -2.11. The van der Waals surface area contributed by atoms with Gasteiger partial charge >= 0.3 is 6.03 Å². The maximum Gasteiger partial charge on any atom is 0.326 e. The molecule has 2 heterocycles. The molecule has 2 aromatic rings. The summed E-state index contributed by atoms with van der Waals surface area (Å²) >= 11 is 0. The van der Waals surface area contributed by atoms with Gasteiger partial charge in [0.15, 0.2) is 0 Å². The second-order valence-corrected chi connectivity index (χ2v) is 5.32. The molecule has 1 saturated heterocycles. The minimum absolute atomic E-state index is 0.257. The number of aromatic nitrogens is 1. The number of aromatic amines is 1. The highest BCUT2D eigenvalue weighted by Crippen LogP contribution is 2.10. The normalized spacial score (nSPS) is 14.8. The molecule has 0 spiro atoms. The van der Waals surface area contributed by atoms with E-state index in [0.717, 1.165) is 5.69 Å². The topological polar surface area (TPSA) is 77.2 Å². The molecule has 6 nitrogen and oxygen atoms in total. The Morgan fingerprint density at radius 3 is 2.17 bits per heavy atom. The predicted octanol–water partition coefficient (Wildman–Crippen LogP) is 2.26. The molecule has 3 amide bonds. The number of urea groups is 1. The van der Waals surface area contributed by atoms with Gasteiger partial charge in [0.05, 0.1) is 0 Å². The molecule has 0 unspecified atom stereocenters. The number of rotatable bonds is 2. The summed E-state index contributed by atoms with van der Waals surface area (Å²) in [5, 5.41) is 4.49. The number of nitrogens with zero attached hydrogens (tertiary/aromatic N) is 1. The Morgan fingerprint density at radius 2 is 1.70 bits per heavy atom. The summed E-state index contributed by atoms with van der Waals surface area (Å²) in [4.78, 5) is 26.7. The van der Waals surface area contributed by atoms with Crippen molar-refractivity contribution in [3.63, 3.8) is 0 Å². The average molecular weight is 312 g/mol. The molecule has 1 aromatic heterocycles. The molecule has 0 radical (unpaired) electrons. The van der Waals surface area contributed by atoms with Gasteiger partial charge in [-0.25, -0.2) is 4.79 Å². The van der Waals surface area contributed by atoms with Gasteiger partial charge in [0.25, 0.3) is 5.91 Å². The van der Waals surface area contributed by atoms with Gasteiger partial charge in [-0.05, 0) is 37.3 Å². The van der Waals surface area contributed by atoms with E-state index in [1.807, 2.05) is 14.1 Å². The third-order valence-corrected chi connectivity index (χ3v) is 3.19. The quantitative estimate of drug-likeness (QED) is 0.588. The van der Waals surface area contributed by atoms with Gasteiger partial charge in [0.1, 0.15) is 5.70 Å². The molecule has 0 atom stereocenters. The molecule has 1 aliphatic heterocycles. The summed E-state index contributed by atoms with van der Waals surface area (Å²) in [5.74, 6) is -0.403. The second-order valence-electron chi connectivity index (χ2n) is 5.32. The van der Waals surface area contributed by atoms with Crippen LogP contribution in [0.4, 0.5) is 10.5 Å². The molecule has 0 bridgehead atoms. The molecule has 1 fully saturated rings. The lowest BCUT2D eigenvalue weighted by Crippen LogP contribution is -2.22. The van der Waals surface area contributed by atoms with Crippen molar-refractivity contribution >= 4 is 23.7 Å². The lowest BCUT2D eigenvalue weighted by atomic mass is 10.2. The van der Waals surface area contributed by atoms with Crippen LogP contribution in [0.2, 0.25) is 0 Å². The van der Waals surface area contributed by atoms with Crippen LogP contribution in [0.3, 0.4) is 0 Å². The van der Waals surface area contributed by atoms with Gasteiger partial charge in [-0.1, -0.05) is 17.7 Å². The molecule has 120 valence electrons. The molecule has 6 heteroatoms. The van der Waals surface area contributed by atoms with Crippen molar-refractivity contribution in [1.82, 2.24) is 15.6 Å². The number of carbonyl (C=O) groups excluding carboxylic acids is 2. The van der Waals surface area contributed by atoms with Gasteiger partial charge < -0.3 is 15.2 Å². The number of benzene rings is 1. The SMILES string of the molecule is Cc1ccc(N(C)C)cc1.O=C1NC(=O)/C(=C\c2ccc[nH]2)N1. The summed E-state index contributed by atoms with van der Waals surface area (Å²) in [6.07, 6.45) is 3.31. The van der Waals surface area contributed by atoms with E-state index < -0.39 is 11.9 Å². The summed E-state index contributed by atoms with van der Waals surface area (Å²) in [7, 11) is 4.09. The Balaban J connectivity index is 0.000000174. The third-order valence-electron chi connectivity index (χ3n) is 3.19. The van der Waals surface area contributed by atoms with E-state index >= 15 is 0 Å². The van der Waals surface area contributed by atoms with Crippen molar-refractivity contribution in [3.8, 4) is 0 Å². The van der Waals surface area contributed by atoms with Gasteiger partial charge in [-0.2, -0.15) is 0 Å². The molecule has 1 aliphatic rings. The number of nitrogens with one attached hydrogen (secondary N) is 3. The molecule has 0 saturated carbocycles. The van der Waals surface area contributed by atoms with Crippen LogP contribution < -0.4 is 15.5 Å². The Labute approximate surface area is 135 Å². The maximum absolute atomic E-state index is 11.0. The van der Waals surface area contributed by atoms with Crippen LogP contribution in [0.1, 0.15) is 11.3 Å². The highest BCUT2D eigenvalue weighted by atomic mass is 16.2. The van der Waals surface area contributed by atoms with Gasteiger partial charge in [-0.15, -0.1) is 0 Å². The minimum Gasteiger partial charge on any atom is -0.378 e. The molecule has 23 heavy (non-hydrogen) atoms. The summed E-state index contributed by atoms with van der Waals surface area (Å²) < 4.78 is 0. The van der Waals surface area contributed by atoms with E-state index in [1.54, 1.807) is 24.4 Å². The molecule has 1 aromatic carbocycles. The molecule has 3 rings (SSSR count). The van der Waals surface area contributed by atoms with Gasteiger partial charge in [-0.3, -0.25) is 10.1 Å². The van der Waals surface area contributed by atoms with Crippen LogP contribution in [-0.2, 0) is 4.79 Å². The first-order valence-corrected chi connectivity index (χ1v) is 7.17. The van der Waals surface area contributed by atoms with Crippen molar-refractivity contribution in [2.75, 3.05) is 19.0 Å². The summed E-state index contributed by atoms with van der Waals surface area (Å²) in [5.41, 5.74) is 3.59. The first-order chi connectivity index (χ1) is 11.0. The van der Waals surface area contributed by atoms with E-state index in [2.05, 4.69) is 51.7 Å². The fourth-order valence-corrected chi connectivity index (χ4v) is 1.91. The van der Waals surface area contributed by atoms with E-state index in [1.165, 1.54) is 11.3 Å². The predicted molar refractivity (Wildman–Crippen MR) is 91.0 cm³/mol. The van der Waals surface area contributed by atoms with Crippen molar-refractivity contribution in [1.29, 1.82) is 0 Å². The van der Waals surface area contributed by atoms with E-state index in [0.29, 0.717) is 0 Å². The zero-order valence-corrected chi connectivity index (χ0v) is 13.4. The lowest BCUT2D eigenvalue weighted by molar-refractivity contribution is -0.115. The van der Waals surface area contributed by atoms with E-state index in [-0.39, 0.29) is 5.70 Å². The highest BCUT2D eigenvalue weighted by molar-refractivity contribution is 6.13. The maximum atomic E-state index is 11.0. The van der Waals surface area contributed by atoms with Crippen molar-refractivity contribution < 1.29 is 9.59 Å². The first-order valence-electron chi connectivity index (χ1n) is 7.17. The van der Waals surface area contributed by atoms with E-state index in [4.69, 9.17) is 0 Å². The number of amides is 3. The average Bonchev–Trinajstić information content (AvgIpc) is 3.11. The van der Waals surface area contributed by atoms with Crippen molar-refractivity contribution in [2.45, 2.75) is 6.92 Å². The zero-order chi connectivity index (χ0) is 16.8. The number of hydrogen-bond acceptors (Lipinski definition) is 3. The Hall–Kier alpha value is -3.02. The number of imide groups is 1. The molecular formula is C17H20N4O2. The number of hydrogen-bond donors (Lipinski definition) is 3. The zero-order valence-electron chi connectivity index (χ0n) is 13.4. The molecular weight excluding hydrogens is 292 g/mol. The van der Waals surface area contributed by atoms with Crippen LogP contribution in [-0.4, -0.2) is 31.0 Å². The second kappa shape index (κ2) is 7.31. The van der Waals surface area contributed by atoms with Gasteiger partial charge in [0.2, 0.25) is 0 Å². The largest absolute Gasteiger partial charge is 0.378 e. The first kappa shape index (κ1) is 16.4. The third kappa shape index (κ3) is 4.74. The molecule has 0 aliphatic carbocycles. The Kier molecular flexibility index (Phi) is 5.19. The Morgan fingerprint density at radius 1 is 1.00 bits per heavy atom. The summed E-state index contributed by atoms with van der Waals surface area (Å²) in [6, 6.07) is 11.6. The summed E-state index contributed by atoms with van der Waals surface area (Å²) in [6.45, 7) is 2.10. The number of carbonyl (C=O) groups is 2. The smallest absolute Gasteiger partial charge is 0.326 e. The van der Waals surface area contributed by atoms with Crippen LogP contribution in [0, 0.1) is 6.92 Å². The van der Waals surface area contributed by atoms with Crippen LogP contribution in [0.25, 0.3) is 6.08 Å². The standard InChI is InChI=1S/C9H13N.C8H7N3O2/c1-8-4-6-9(7-5-8)10(2)3;12-7-6(10-8(13)11-7)4-5-2-1-3-9-5/h4-7H,1-3H3;1-4,9H,(H2,10,11,12,13)/b;6-4+.